The second-order valence-corrected chi connectivity index (χ2v) is 7.33. The Morgan fingerprint density at radius 2 is 1.78 bits per heavy atom. The minimum atomic E-state index is 0.142. The van der Waals surface area contributed by atoms with Gasteiger partial charge in [-0.1, -0.05) is 30.3 Å². The van der Waals surface area contributed by atoms with E-state index in [4.69, 9.17) is 4.98 Å². The summed E-state index contributed by atoms with van der Waals surface area (Å²) in [6, 6.07) is 12.9. The normalized spacial score (nSPS) is 14.6. The predicted octanol–water partition coefficient (Wildman–Crippen LogP) is 2.87. The average Bonchev–Trinajstić information content (AvgIpc) is 2.66. The Labute approximate surface area is 161 Å². The van der Waals surface area contributed by atoms with E-state index in [2.05, 4.69) is 59.0 Å². The van der Waals surface area contributed by atoms with Crippen molar-refractivity contribution in [2.24, 2.45) is 0 Å². The summed E-state index contributed by atoms with van der Waals surface area (Å²) < 4.78 is 0. The van der Waals surface area contributed by atoms with Gasteiger partial charge < -0.3 is 14.7 Å². The Morgan fingerprint density at radius 1 is 1.11 bits per heavy atom. The summed E-state index contributed by atoms with van der Waals surface area (Å²) in [5.41, 5.74) is 1.26. The number of piperazine rings is 1. The highest BCUT2D eigenvalue weighted by Gasteiger charge is 2.22. The molecular weight excluding hydrogens is 338 g/mol. The average molecular weight is 367 g/mol. The highest BCUT2D eigenvalue weighted by Crippen LogP contribution is 2.23. The molecule has 0 aliphatic carbocycles. The number of anilines is 2. The number of carbonyl (C=O) groups excluding carboxylic acids is 1. The van der Waals surface area contributed by atoms with Gasteiger partial charge in [-0.15, -0.1) is 0 Å². The van der Waals surface area contributed by atoms with Gasteiger partial charge in [-0.2, -0.15) is 0 Å². The summed E-state index contributed by atoms with van der Waals surface area (Å²) in [5, 5.41) is 0. The zero-order chi connectivity index (χ0) is 19.4. The predicted molar refractivity (Wildman–Crippen MR) is 109 cm³/mol. The molecule has 1 saturated heterocycles. The molecule has 1 aliphatic rings. The highest BCUT2D eigenvalue weighted by atomic mass is 16.2. The zero-order valence-electron chi connectivity index (χ0n) is 16.7. The Bertz CT molecular complexity index is 769. The molecule has 27 heavy (non-hydrogen) atoms. The van der Waals surface area contributed by atoms with E-state index in [1.807, 2.05) is 17.9 Å². The molecular formula is C21H29N5O. The van der Waals surface area contributed by atoms with Crippen LogP contribution in [-0.4, -0.2) is 53.0 Å². The molecule has 2 heterocycles. The van der Waals surface area contributed by atoms with E-state index < -0.39 is 0 Å². The monoisotopic (exact) mass is 367 g/mol. The standard InChI is InChI=1S/C21H29N5O/c1-16(2)26(15-19-8-6-5-7-9-19)21-14-20(22-17(3)23-21)25-12-10-24(11-13-25)18(4)27/h5-9,14,16H,10-13,15H2,1-4H3. The summed E-state index contributed by atoms with van der Waals surface area (Å²) in [4.78, 5) is 27.4. The first-order valence-electron chi connectivity index (χ1n) is 9.60. The van der Waals surface area contributed by atoms with Gasteiger partial charge in [0.25, 0.3) is 0 Å². The van der Waals surface area contributed by atoms with Crippen LogP contribution in [0.4, 0.5) is 11.6 Å². The number of nitrogens with zero attached hydrogens (tertiary/aromatic N) is 5. The molecule has 1 aliphatic heterocycles. The molecule has 0 bridgehead atoms. The van der Waals surface area contributed by atoms with Gasteiger partial charge in [0.1, 0.15) is 17.5 Å². The summed E-state index contributed by atoms with van der Waals surface area (Å²) in [6.45, 7) is 11.8. The van der Waals surface area contributed by atoms with Crippen LogP contribution < -0.4 is 9.80 Å². The van der Waals surface area contributed by atoms with Crippen LogP contribution in [0, 0.1) is 6.92 Å². The minimum absolute atomic E-state index is 0.142. The van der Waals surface area contributed by atoms with Gasteiger partial charge in [0.05, 0.1) is 0 Å². The van der Waals surface area contributed by atoms with Crippen molar-refractivity contribution >= 4 is 17.5 Å². The third-order valence-corrected chi connectivity index (χ3v) is 4.97. The van der Waals surface area contributed by atoms with E-state index in [0.717, 1.165) is 50.2 Å². The van der Waals surface area contributed by atoms with Crippen LogP contribution in [0.2, 0.25) is 0 Å². The van der Waals surface area contributed by atoms with Crippen molar-refractivity contribution in [1.82, 2.24) is 14.9 Å². The summed E-state index contributed by atoms with van der Waals surface area (Å²) in [5.74, 6) is 2.81. The zero-order valence-corrected chi connectivity index (χ0v) is 16.7. The van der Waals surface area contributed by atoms with Crippen molar-refractivity contribution in [3.8, 4) is 0 Å². The van der Waals surface area contributed by atoms with Gasteiger partial charge >= 0.3 is 0 Å². The minimum Gasteiger partial charge on any atom is -0.353 e. The third kappa shape index (κ3) is 4.76. The van der Waals surface area contributed by atoms with Crippen molar-refractivity contribution in [1.29, 1.82) is 0 Å². The lowest BCUT2D eigenvalue weighted by molar-refractivity contribution is -0.129. The first kappa shape index (κ1) is 19.1. The number of hydrogen-bond donors (Lipinski definition) is 0. The smallest absolute Gasteiger partial charge is 0.219 e. The highest BCUT2D eigenvalue weighted by molar-refractivity contribution is 5.73. The van der Waals surface area contributed by atoms with E-state index in [1.165, 1.54) is 5.56 Å². The lowest BCUT2D eigenvalue weighted by Crippen LogP contribution is -2.48. The van der Waals surface area contributed by atoms with Crippen LogP contribution >= 0.6 is 0 Å². The lowest BCUT2D eigenvalue weighted by Gasteiger charge is -2.35. The number of rotatable bonds is 5. The lowest BCUT2D eigenvalue weighted by atomic mass is 10.2. The number of amides is 1. The quantitative estimate of drug-likeness (QED) is 0.813. The molecule has 0 spiro atoms. The van der Waals surface area contributed by atoms with Gasteiger partial charge in [0.15, 0.2) is 0 Å². The fourth-order valence-corrected chi connectivity index (χ4v) is 3.40. The van der Waals surface area contributed by atoms with E-state index in [-0.39, 0.29) is 5.91 Å². The second-order valence-electron chi connectivity index (χ2n) is 7.33. The summed E-state index contributed by atoms with van der Waals surface area (Å²) in [6.07, 6.45) is 0. The molecule has 6 nitrogen and oxygen atoms in total. The molecule has 144 valence electrons. The van der Waals surface area contributed by atoms with Crippen molar-refractivity contribution in [3.05, 3.63) is 47.8 Å². The molecule has 3 rings (SSSR count). The third-order valence-electron chi connectivity index (χ3n) is 4.97. The van der Waals surface area contributed by atoms with Gasteiger partial charge in [-0.3, -0.25) is 4.79 Å². The second kappa shape index (κ2) is 8.37. The topological polar surface area (TPSA) is 52.6 Å². The Kier molecular flexibility index (Phi) is 5.94. The SMILES string of the molecule is CC(=O)N1CCN(c2cc(N(Cc3ccccc3)C(C)C)nc(C)n2)CC1. The van der Waals surface area contributed by atoms with Crippen molar-refractivity contribution in [2.45, 2.75) is 40.3 Å². The van der Waals surface area contributed by atoms with Crippen LogP contribution in [0.15, 0.2) is 36.4 Å². The molecule has 0 saturated carbocycles. The first-order valence-corrected chi connectivity index (χ1v) is 9.60. The van der Waals surface area contributed by atoms with Gasteiger partial charge in [-0.25, -0.2) is 9.97 Å². The van der Waals surface area contributed by atoms with Gasteiger partial charge in [0, 0.05) is 51.8 Å². The van der Waals surface area contributed by atoms with E-state index >= 15 is 0 Å². The Hall–Kier alpha value is -2.63. The number of hydrogen-bond acceptors (Lipinski definition) is 5. The molecule has 1 amide bonds. The van der Waals surface area contributed by atoms with Crippen LogP contribution in [-0.2, 0) is 11.3 Å². The molecule has 1 fully saturated rings. The van der Waals surface area contributed by atoms with E-state index in [1.54, 1.807) is 6.92 Å². The Balaban J connectivity index is 1.82. The van der Waals surface area contributed by atoms with Crippen LogP contribution in [0.25, 0.3) is 0 Å². The largest absolute Gasteiger partial charge is 0.353 e. The maximum absolute atomic E-state index is 11.6. The molecule has 6 heteroatoms. The molecule has 1 aromatic carbocycles. The maximum atomic E-state index is 11.6. The molecule has 2 aromatic rings. The van der Waals surface area contributed by atoms with Crippen molar-refractivity contribution < 1.29 is 4.79 Å². The first-order chi connectivity index (χ1) is 12.9. The van der Waals surface area contributed by atoms with Crippen LogP contribution in [0.1, 0.15) is 32.2 Å². The van der Waals surface area contributed by atoms with Crippen LogP contribution in [0.3, 0.4) is 0 Å². The molecule has 0 unspecified atom stereocenters. The molecule has 0 radical (unpaired) electrons. The van der Waals surface area contributed by atoms with E-state index in [9.17, 15) is 4.79 Å². The van der Waals surface area contributed by atoms with E-state index in [0.29, 0.717) is 6.04 Å². The number of aryl methyl sites for hydroxylation is 1. The van der Waals surface area contributed by atoms with Crippen molar-refractivity contribution in [3.63, 3.8) is 0 Å². The number of aromatic nitrogens is 2. The number of benzene rings is 1. The molecule has 1 aromatic heterocycles. The fraction of sp³-hybridized carbons (Fsp3) is 0.476. The Morgan fingerprint density at radius 3 is 2.37 bits per heavy atom. The fourth-order valence-electron chi connectivity index (χ4n) is 3.40. The van der Waals surface area contributed by atoms with Crippen LogP contribution in [0.5, 0.6) is 0 Å². The van der Waals surface area contributed by atoms with Gasteiger partial charge in [0.2, 0.25) is 5.91 Å². The number of carbonyl (C=O) groups is 1. The maximum Gasteiger partial charge on any atom is 0.219 e. The molecule has 0 N–H and O–H groups in total. The van der Waals surface area contributed by atoms with Crippen molar-refractivity contribution in [2.75, 3.05) is 36.0 Å². The summed E-state index contributed by atoms with van der Waals surface area (Å²) >= 11 is 0. The van der Waals surface area contributed by atoms with Gasteiger partial charge in [-0.05, 0) is 26.3 Å². The molecule has 0 atom stereocenters. The summed E-state index contributed by atoms with van der Waals surface area (Å²) in [7, 11) is 0.